The summed E-state index contributed by atoms with van der Waals surface area (Å²) < 4.78 is 7.39. The van der Waals surface area contributed by atoms with E-state index in [2.05, 4.69) is 15.1 Å². The molecule has 96 valence electrons. The van der Waals surface area contributed by atoms with Crippen molar-refractivity contribution in [3.63, 3.8) is 0 Å². The molecule has 5 nitrogen and oxygen atoms in total. The maximum atomic E-state index is 5.99. The molecule has 0 spiro atoms. The second-order valence-electron chi connectivity index (χ2n) is 4.34. The Kier molecular flexibility index (Phi) is 3.52. The lowest BCUT2D eigenvalue weighted by Gasteiger charge is -2.06. The molecule has 0 amide bonds. The number of ether oxygens (including phenoxy) is 1. The third-order valence-corrected chi connectivity index (χ3v) is 2.80. The predicted octanol–water partition coefficient (Wildman–Crippen LogP) is 3.32. The first kappa shape index (κ1) is 12.8. The smallest absolute Gasteiger partial charge is 0.258 e. The van der Waals surface area contributed by atoms with Gasteiger partial charge in [-0.2, -0.15) is 5.10 Å². The fourth-order valence-corrected chi connectivity index (χ4v) is 1.60. The Morgan fingerprint density at radius 3 is 2.50 bits per heavy atom. The zero-order valence-corrected chi connectivity index (χ0v) is 11.6. The summed E-state index contributed by atoms with van der Waals surface area (Å²) in [6, 6.07) is 0.281. The summed E-state index contributed by atoms with van der Waals surface area (Å²) in [5, 5.41) is 4.44. The molecule has 18 heavy (non-hydrogen) atoms. The lowest BCUT2D eigenvalue weighted by molar-refractivity contribution is 0.455. The summed E-state index contributed by atoms with van der Waals surface area (Å²) in [7, 11) is 0. The van der Waals surface area contributed by atoms with Gasteiger partial charge in [0.25, 0.3) is 5.88 Å². The van der Waals surface area contributed by atoms with Crippen LogP contribution in [-0.4, -0.2) is 19.7 Å². The van der Waals surface area contributed by atoms with Crippen molar-refractivity contribution in [1.82, 2.24) is 19.7 Å². The van der Waals surface area contributed by atoms with Crippen LogP contribution in [0.3, 0.4) is 0 Å². The van der Waals surface area contributed by atoms with E-state index in [9.17, 15) is 0 Å². The van der Waals surface area contributed by atoms with E-state index >= 15 is 0 Å². The van der Waals surface area contributed by atoms with E-state index in [1.165, 1.54) is 0 Å². The molecule has 2 aromatic rings. The Morgan fingerprint density at radius 2 is 1.89 bits per heavy atom. The number of aryl methyl sites for hydroxylation is 2. The maximum absolute atomic E-state index is 5.99. The van der Waals surface area contributed by atoms with Gasteiger partial charge in [-0.15, -0.1) is 0 Å². The first-order valence-electron chi connectivity index (χ1n) is 5.70. The fourth-order valence-electron chi connectivity index (χ4n) is 1.39. The molecular formula is C12H15ClN4O. The molecule has 2 heterocycles. The van der Waals surface area contributed by atoms with E-state index in [4.69, 9.17) is 16.3 Å². The van der Waals surface area contributed by atoms with Gasteiger partial charge >= 0.3 is 0 Å². The summed E-state index contributed by atoms with van der Waals surface area (Å²) >= 11 is 5.99. The summed E-state index contributed by atoms with van der Waals surface area (Å²) in [4.78, 5) is 8.43. The van der Waals surface area contributed by atoms with E-state index in [0.29, 0.717) is 11.6 Å². The number of rotatable bonds is 3. The summed E-state index contributed by atoms with van der Waals surface area (Å²) in [5.41, 5.74) is 1.59. The average Bonchev–Trinajstić information content (AvgIpc) is 2.74. The van der Waals surface area contributed by atoms with Crippen LogP contribution in [0.1, 0.15) is 31.3 Å². The van der Waals surface area contributed by atoms with Crippen molar-refractivity contribution in [2.75, 3.05) is 0 Å². The Labute approximate surface area is 111 Å². The van der Waals surface area contributed by atoms with Gasteiger partial charge in [-0.05, 0) is 27.7 Å². The highest BCUT2D eigenvalue weighted by molar-refractivity contribution is 6.30. The molecule has 0 unspecified atom stereocenters. The molecule has 0 radical (unpaired) electrons. The number of hydrogen-bond donors (Lipinski definition) is 0. The van der Waals surface area contributed by atoms with Gasteiger partial charge in [0, 0.05) is 6.04 Å². The molecule has 0 saturated heterocycles. The van der Waals surface area contributed by atoms with Crippen molar-refractivity contribution in [1.29, 1.82) is 0 Å². The Morgan fingerprint density at radius 1 is 1.22 bits per heavy atom. The zero-order valence-electron chi connectivity index (χ0n) is 10.8. The molecule has 0 fully saturated rings. The highest BCUT2D eigenvalue weighted by Crippen LogP contribution is 2.26. The average molecular weight is 267 g/mol. The van der Waals surface area contributed by atoms with Crippen molar-refractivity contribution in [3.8, 4) is 11.6 Å². The monoisotopic (exact) mass is 266 g/mol. The minimum atomic E-state index is 0.260. The quantitative estimate of drug-likeness (QED) is 0.855. The van der Waals surface area contributed by atoms with Crippen LogP contribution in [0.2, 0.25) is 5.15 Å². The second-order valence-corrected chi connectivity index (χ2v) is 4.70. The fraction of sp³-hybridized carbons (Fsp3) is 0.417. The first-order valence-corrected chi connectivity index (χ1v) is 6.08. The molecule has 0 N–H and O–H groups in total. The van der Waals surface area contributed by atoms with Crippen molar-refractivity contribution in [2.45, 2.75) is 33.7 Å². The first-order chi connectivity index (χ1) is 8.47. The normalized spacial score (nSPS) is 11.0. The standard InChI is InChI=1S/C12H15ClN4O/c1-7(2)17-6-10(5-14-17)18-12-11(13)15-8(3)9(4)16-12/h5-7H,1-4H3. The van der Waals surface area contributed by atoms with Crippen LogP contribution in [-0.2, 0) is 0 Å². The Bertz CT molecular complexity index is 565. The summed E-state index contributed by atoms with van der Waals surface area (Å²) in [5.74, 6) is 0.909. The predicted molar refractivity (Wildman–Crippen MR) is 69.2 cm³/mol. The van der Waals surface area contributed by atoms with E-state index < -0.39 is 0 Å². The molecule has 0 atom stereocenters. The Balaban J connectivity index is 2.25. The lowest BCUT2D eigenvalue weighted by Crippen LogP contribution is -2.00. The van der Waals surface area contributed by atoms with Gasteiger partial charge in [0.1, 0.15) is 0 Å². The van der Waals surface area contributed by atoms with Gasteiger partial charge in [0.2, 0.25) is 0 Å². The second kappa shape index (κ2) is 4.94. The molecule has 0 aliphatic rings. The summed E-state index contributed by atoms with van der Waals surface area (Å²) in [6.45, 7) is 7.80. The maximum Gasteiger partial charge on any atom is 0.258 e. The van der Waals surface area contributed by atoms with Gasteiger partial charge in [-0.3, -0.25) is 4.68 Å². The SMILES string of the molecule is Cc1nc(Cl)c(Oc2cnn(C(C)C)c2)nc1C. The van der Waals surface area contributed by atoms with Crippen LogP contribution in [0, 0.1) is 13.8 Å². The molecule has 0 aromatic carbocycles. The van der Waals surface area contributed by atoms with E-state index in [1.807, 2.05) is 27.7 Å². The minimum Gasteiger partial charge on any atom is -0.433 e. The number of aromatic nitrogens is 4. The van der Waals surface area contributed by atoms with E-state index in [0.717, 1.165) is 11.4 Å². The van der Waals surface area contributed by atoms with Crippen LogP contribution < -0.4 is 4.74 Å². The molecule has 2 aromatic heterocycles. The minimum absolute atomic E-state index is 0.260. The van der Waals surface area contributed by atoms with Crippen LogP contribution >= 0.6 is 11.6 Å². The highest BCUT2D eigenvalue weighted by Gasteiger charge is 2.11. The molecule has 0 bridgehead atoms. The van der Waals surface area contributed by atoms with Crippen LogP contribution in [0.15, 0.2) is 12.4 Å². The van der Waals surface area contributed by atoms with Crippen molar-refractivity contribution < 1.29 is 4.74 Å². The van der Waals surface area contributed by atoms with Crippen molar-refractivity contribution >= 4 is 11.6 Å². The number of hydrogen-bond acceptors (Lipinski definition) is 4. The van der Waals surface area contributed by atoms with Crippen LogP contribution in [0.25, 0.3) is 0 Å². The highest BCUT2D eigenvalue weighted by atomic mass is 35.5. The topological polar surface area (TPSA) is 52.8 Å². The Hall–Kier alpha value is -1.62. The van der Waals surface area contributed by atoms with Crippen molar-refractivity contribution in [3.05, 3.63) is 28.9 Å². The molecule has 6 heteroatoms. The zero-order chi connectivity index (χ0) is 13.3. The molecule has 0 aliphatic carbocycles. The summed E-state index contributed by atoms with van der Waals surface area (Å²) in [6.07, 6.45) is 3.44. The van der Waals surface area contributed by atoms with Gasteiger partial charge in [0.15, 0.2) is 10.9 Å². The molecule has 0 aliphatic heterocycles. The van der Waals surface area contributed by atoms with Crippen LogP contribution in [0.4, 0.5) is 0 Å². The van der Waals surface area contributed by atoms with Gasteiger partial charge in [-0.1, -0.05) is 11.6 Å². The number of nitrogens with zero attached hydrogens (tertiary/aromatic N) is 4. The van der Waals surface area contributed by atoms with E-state index in [1.54, 1.807) is 17.1 Å². The number of halogens is 1. The third-order valence-electron chi connectivity index (χ3n) is 2.56. The third kappa shape index (κ3) is 2.61. The lowest BCUT2D eigenvalue weighted by atomic mass is 10.3. The van der Waals surface area contributed by atoms with Gasteiger partial charge in [-0.25, -0.2) is 9.97 Å². The van der Waals surface area contributed by atoms with E-state index in [-0.39, 0.29) is 11.2 Å². The largest absolute Gasteiger partial charge is 0.433 e. The van der Waals surface area contributed by atoms with Crippen molar-refractivity contribution in [2.24, 2.45) is 0 Å². The van der Waals surface area contributed by atoms with Gasteiger partial charge in [0.05, 0.1) is 23.8 Å². The molecule has 0 saturated carbocycles. The van der Waals surface area contributed by atoms with Gasteiger partial charge < -0.3 is 4.74 Å². The molecule has 2 rings (SSSR count). The molecular weight excluding hydrogens is 252 g/mol. The van der Waals surface area contributed by atoms with Crippen LogP contribution in [0.5, 0.6) is 11.6 Å².